The average molecular weight is 525 g/mol. The summed E-state index contributed by atoms with van der Waals surface area (Å²) in [6, 6.07) is 11.1. The van der Waals surface area contributed by atoms with E-state index in [1.165, 1.54) is 16.7 Å². The summed E-state index contributed by atoms with van der Waals surface area (Å²) < 4.78 is 41.5. The number of carbonyl (C=O) groups excluding carboxylic acids is 1. The molecule has 8 nitrogen and oxygen atoms in total. The van der Waals surface area contributed by atoms with E-state index in [0.29, 0.717) is 10.6 Å². The van der Waals surface area contributed by atoms with Gasteiger partial charge in [-0.2, -0.15) is 13.2 Å². The zero-order valence-electron chi connectivity index (χ0n) is 19.5. The van der Waals surface area contributed by atoms with E-state index >= 15 is 0 Å². The molecule has 1 amide bonds. The number of rotatable bonds is 9. The van der Waals surface area contributed by atoms with Gasteiger partial charge in [0.1, 0.15) is 6.54 Å². The van der Waals surface area contributed by atoms with Gasteiger partial charge in [-0.05, 0) is 62.2 Å². The summed E-state index contributed by atoms with van der Waals surface area (Å²) in [6.45, 7) is 2.66. The van der Waals surface area contributed by atoms with E-state index in [1.54, 1.807) is 38.1 Å². The van der Waals surface area contributed by atoms with Crippen LogP contribution in [0, 0.1) is 0 Å². The van der Waals surface area contributed by atoms with Crippen LogP contribution in [0.4, 0.5) is 13.2 Å². The zero-order chi connectivity index (χ0) is 26.7. The van der Waals surface area contributed by atoms with Crippen LogP contribution in [-0.2, 0) is 34.4 Å². The van der Waals surface area contributed by atoms with Crippen molar-refractivity contribution in [3.63, 3.8) is 0 Å². The van der Waals surface area contributed by atoms with E-state index in [2.05, 4.69) is 10.4 Å². The van der Waals surface area contributed by atoms with Crippen molar-refractivity contribution >= 4 is 23.5 Å². The van der Waals surface area contributed by atoms with Gasteiger partial charge in [0.15, 0.2) is 5.82 Å². The Labute approximate surface area is 209 Å². The molecule has 0 spiro atoms. The molecule has 0 atom stereocenters. The summed E-state index contributed by atoms with van der Waals surface area (Å²) in [7, 11) is 0. The predicted molar refractivity (Wildman–Crippen MR) is 126 cm³/mol. The first-order chi connectivity index (χ1) is 16.8. The standard InChI is InChI=1S/C24H24ClF3N4O4/c1-23(2,16-5-3-6-17(13-16)24(26,27)28)29-19(33)14-32-22(36)31(12-4-7-20(34)35)21(30-32)15-8-10-18(25)11-9-15/h3,5-6,8-11,13H,4,7,12,14H2,1-2H3,(H,29,33)(H,34,35). The molecule has 0 aliphatic carbocycles. The van der Waals surface area contributed by atoms with Gasteiger partial charge in [0.25, 0.3) is 0 Å². The number of aliphatic carboxylic acids is 1. The van der Waals surface area contributed by atoms with E-state index in [1.807, 2.05) is 0 Å². The maximum atomic E-state index is 13.1. The van der Waals surface area contributed by atoms with Gasteiger partial charge in [0.2, 0.25) is 5.91 Å². The molecule has 1 heterocycles. The lowest BCUT2D eigenvalue weighted by Crippen LogP contribution is -2.44. The normalized spacial score (nSPS) is 11.9. The van der Waals surface area contributed by atoms with Crippen LogP contribution in [-0.4, -0.2) is 31.3 Å². The zero-order valence-corrected chi connectivity index (χ0v) is 20.2. The molecule has 0 aliphatic rings. The van der Waals surface area contributed by atoms with Crippen LogP contribution in [0.3, 0.4) is 0 Å². The maximum absolute atomic E-state index is 13.1. The molecule has 0 saturated heterocycles. The number of benzene rings is 2. The molecular weight excluding hydrogens is 501 g/mol. The highest BCUT2D eigenvalue weighted by Gasteiger charge is 2.32. The fourth-order valence-electron chi connectivity index (χ4n) is 3.63. The second-order valence-electron chi connectivity index (χ2n) is 8.67. The number of amides is 1. The lowest BCUT2D eigenvalue weighted by Gasteiger charge is -2.27. The first-order valence-electron chi connectivity index (χ1n) is 10.9. The second-order valence-corrected chi connectivity index (χ2v) is 9.11. The Balaban J connectivity index is 1.86. The molecule has 3 aromatic rings. The van der Waals surface area contributed by atoms with Gasteiger partial charge >= 0.3 is 17.8 Å². The Morgan fingerprint density at radius 3 is 2.33 bits per heavy atom. The monoisotopic (exact) mass is 524 g/mol. The molecule has 192 valence electrons. The lowest BCUT2D eigenvalue weighted by molar-refractivity contribution is -0.138. The smallest absolute Gasteiger partial charge is 0.416 e. The lowest BCUT2D eigenvalue weighted by atomic mass is 9.92. The maximum Gasteiger partial charge on any atom is 0.416 e. The first kappa shape index (κ1) is 27.0. The molecular formula is C24H24ClF3N4O4. The molecule has 0 bridgehead atoms. The number of hydrogen-bond acceptors (Lipinski definition) is 4. The summed E-state index contributed by atoms with van der Waals surface area (Å²) in [5.41, 5.74) is -1.87. The van der Waals surface area contributed by atoms with Crippen LogP contribution in [0.5, 0.6) is 0 Å². The molecule has 2 aromatic carbocycles. The molecule has 1 aromatic heterocycles. The van der Waals surface area contributed by atoms with Gasteiger partial charge in [-0.1, -0.05) is 23.7 Å². The Morgan fingerprint density at radius 1 is 1.08 bits per heavy atom. The number of halogens is 4. The summed E-state index contributed by atoms with van der Waals surface area (Å²) in [5, 5.41) is 16.3. The number of carbonyl (C=O) groups is 2. The van der Waals surface area contributed by atoms with E-state index in [-0.39, 0.29) is 30.8 Å². The summed E-state index contributed by atoms with van der Waals surface area (Å²) in [5.74, 6) is -1.43. The molecule has 2 N–H and O–H groups in total. The average Bonchev–Trinajstić information content (AvgIpc) is 3.08. The molecule has 0 fully saturated rings. The number of hydrogen-bond donors (Lipinski definition) is 2. The van der Waals surface area contributed by atoms with E-state index in [9.17, 15) is 27.6 Å². The first-order valence-corrected chi connectivity index (χ1v) is 11.3. The van der Waals surface area contributed by atoms with Crippen molar-refractivity contribution in [3.05, 3.63) is 75.2 Å². The van der Waals surface area contributed by atoms with Gasteiger partial charge in [-0.3, -0.25) is 14.2 Å². The van der Waals surface area contributed by atoms with Crippen molar-refractivity contribution in [1.29, 1.82) is 0 Å². The Hall–Kier alpha value is -3.60. The van der Waals surface area contributed by atoms with Crippen LogP contribution >= 0.6 is 11.6 Å². The third-order valence-electron chi connectivity index (χ3n) is 5.45. The Morgan fingerprint density at radius 2 is 1.72 bits per heavy atom. The third-order valence-corrected chi connectivity index (χ3v) is 5.71. The van der Waals surface area contributed by atoms with Crippen molar-refractivity contribution in [3.8, 4) is 11.4 Å². The van der Waals surface area contributed by atoms with Gasteiger partial charge in [-0.15, -0.1) is 5.10 Å². The van der Waals surface area contributed by atoms with Crippen LogP contribution in [0.15, 0.2) is 53.3 Å². The highest BCUT2D eigenvalue weighted by molar-refractivity contribution is 6.30. The minimum absolute atomic E-state index is 0.0560. The second kappa shape index (κ2) is 10.6. The van der Waals surface area contributed by atoms with Crippen LogP contribution < -0.4 is 11.0 Å². The summed E-state index contributed by atoms with van der Waals surface area (Å²) in [6.07, 6.45) is -4.53. The third kappa shape index (κ3) is 6.54. The van der Waals surface area contributed by atoms with Gasteiger partial charge < -0.3 is 10.4 Å². The van der Waals surface area contributed by atoms with Crippen molar-refractivity contribution in [2.75, 3.05) is 0 Å². The van der Waals surface area contributed by atoms with E-state index in [0.717, 1.165) is 16.8 Å². The number of aromatic nitrogens is 3. The quantitative estimate of drug-likeness (QED) is 0.434. The molecule has 0 aliphatic heterocycles. The predicted octanol–water partition coefficient (Wildman–Crippen LogP) is 4.30. The molecule has 3 rings (SSSR count). The Kier molecular flexibility index (Phi) is 7.92. The highest BCUT2D eigenvalue weighted by Crippen LogP contribution is 2.32. The minimum atomic E-state index is -4.53. The van der Waals surface area contributed by atoms with Gasteiger partial charge in [0, 0.05) is 23.6 Å². The van der Waals surface area contributed by atoms with Crippen molar-refractivity contribution in [1.82, 2.24) is 19.7 Å². The number of carboxylic acid groups (broad SMARTS) is 1. The summed E-state index contributed by atoms with van der Waals surface area (Å²) in [4.78, 5) is 36.7. The van der Waals surface area contributed by atoms with Crippen molar-refractivity contribution in [2.24, 2.45) is 0 Å². The highest BCUT2D eigenvalue weighted by atomic mass is 35.5. The fraction of sp³-hybridized carbons (Fsp3) is 0.333. The van der Waals surface area contributed by atoms with E-state index in [4.69, 9.17) is 16.7 Å². The number of alkyl halides is 3. The van der Waals surface area contributed by atoms with E-state index < -0.39 is 41.4 Å². The SMILES string of the molecule is CC(C)(NC(=O)Cn1nc(-c2ccc(Cl)cc2)n(CCCC(=O)O)c1=O)c1cccc(C(F)(F)F)c1. The van der Waals surface area contributed by atoms with Gasteiger partial charge in [0.05, 0.1) is 11.1 Å². The molecule has 36 heavy (non-hydrogen) atoms. The largest absolute Gasteiger partial charge is 0.481 e. The topological polar surface area (TPSA) is 106 Å². The van der Waals surface area contributed by atoms with Crippen LogP contribution in [0.25, 0.3) is 11.4 Å². The molecule has 12 heteroatoms. The minimum Gasteiger partial charge on any atom is -0.481 e. The van der Waals surface area contributed by atoms with Gasteiger partial charge in [-0.25, -0.2) is 9.48 Å². The number of nitrogens with one attached hydrogen (secondary N) is 1. The Bertz CT molecular complexity index is 1310. The number of carboxylic acids is 1. The van der Waals surface area contributed by atoms with Crippen molar-refractivity contribution < 1.29 is 27.9 Å². The van der Waals surface area contributed by atoms with Crippen molar-refractivity contribution in [2.45, 2.75) is 51.5 Å². The fourth-order valence-corrected chi connectivity index (χ4v) is 3.75. The summed E-state index contributed by atoms with van der Waals surface area (Å²) >= 11 is 5.93. The molecule has 0 saturated carbocycles. The molecule has 0 radical (unpaired) electrons. The molecule has 0 unspecified atom stereocenters. The van der Waals surface area contributed by atoms with Crippen LogP contribution in [0.1, 0.15) is 37.8 Å². The number of nitrogens with zero attached hydrogens (tertiary/aromatic N) is 3. The van der Waals surface area contributed by atoms with Crippen LogP contribution in [0.2, 0.25) is 5.02 Å².